The number of methoxy groups -OCH3 is 1. The van der Waals surface area contributed by atoms with Gasteiger partial charge in [0.05, 0.1) is 13.7 Å². The number of hydrogen-bond donors (Lipinski definition) is 0. The molecule has 3 heteroatoms. The van der Waals surface area contributed by atoms with Gasteiger partial charge < -0.3 is 9.47 Å². The minimum Gasteiger partial charge on any atom is -0.496 e. The van der Waals surface area contributed by atoms with Gasteiger partial charge in [-0.2, -0.15) is 0 Å². The van der Waals surface area contributed by atoms with Crippen LogP contribution in [0.25, 0.3) is 6.08 Å². The van der Waals surface area contributed by atoms with Crippen molar-refractivity contribution in [3.63, 3.8) is 0 Å². The first-order chi connectivity index (χ1) is 9.34. The summed E-state index contributed by atoms with van der Waals surface area (Å²) in [6, 6.07) is 2.15. The lowest BCUT2D eigenvalue weighted by molar-refractivity contribution is -0.139. The average Bonchev–Trinajstić information content (AvgIpc) is 2.63. The maximum absolute atomic E-state index is 12.2. The summed E-state index contributed by atoms with van der Waals surface area (Å²) in [6.45, 7) is 10.4. The Balaban J connectivity index is 2.64. The van der Waals surface area contributed by atoms with E-state index in [1.807, 2.05) is 19.9 Å². The van der Waals surface area contributed by atoms with Crippen molar-refractivity contribution in [3.8, 4) is 5.75 Å². The van der Waals surface area contributed by atoms with Crippen molar-refractivity contribution >= 4 is 12.0 Å². The quantitative estimate of drug-likeness (QED) is 0.791. The molecule has 0 bridgehead atoms. The number of esters is 1. The monoisotopic (exact) mass is 274 g/mol. The van der Waals surface area contributed by atoms with Crippen LogP contribution in [0.4, 0.5) is 0 Å². The normalized spacial score (nSPS) is 15.6. The lowest BCUT2D eigenvalue weighted by atomic mass is 9.80. The third-order valence-electron chi connectivity index (χ3n) is 4.16. The molecule has 0 heterocycles. The molecule has 2 rings (SSSR count). The van der Waals surface area contributed by atoms with Gasteiger partial charge in [-0.1, -0.05) is 19.9 Å². The van der Waals surface area contributed by atoms with Crippen LogP contribution in [0.2, 0.25) is 0 Å². The lowest BCUT2D eigenvalue weighted by Crippen LogP contribution is -2.24. The van der Waals surface area contributed by atoms with Crippen LogP contribution in [0.15, 0.2) is 11.6 Å². The molecule has 1 aliphatic rings. The summed E-state index contributed by atoms with van der Waals surface area (Å²) >= 11 is 0. The number of ether oxygens (including phenoxy) is 2. The van der Waals surface area contributed by atoms with Crippen LogP contribution < -0.4 is 4.74 Å². The highest BCUT2D eigenvalue weighted by molar-refractivity contribution is 6.00. The van der Waals surface area contributed by atoms with Crippen molar-refractivity contribution in [3.05, 3.63) is 33.9 Å². The Morgan fingerprint density at radius 2 is 1.95 bits per heavy atom. The number of aryl methyl sites for hydroxylation is 1. The van der Waals surface area contributed by atoms with Crippen molar-refractivity contribution in [2.75, 3.05) is 13.7 Å². The maximum atomic E-state index is 12.2. The number of carbonyl (C=O) groups excluding carboxylic acids is 1. The Bertz CT molecular complexity index is 595. The fourth-order valence-corrected chi connectivity index (χ4v) is 2.82. The Morgan fingerprint density at radius 3 is 2.50 bits per heavy atom. The average molecular weight is 274 g/mol. The van der Waals surface area contributed by atoms with E-state index in [0.29, 0.717) is 12.2 Å². The first-order valence-electron chi connectivity index (χ1n) is 6.92. The molecule has 1 aliphatic carbocycles. The molecule has 0 atom stereocenters. The second-order valence-electron chi connectivity index (χ2n) is 5.72. The van der Waals surface area contributed by atoms with E-state index in [0.717, 1.165) is 22.4 Å². The molecule has 3 nitrogen and oxygen atoms in total. The fourth-order valence-electron chi connectivity index (χ4n) is 2.82. The van der Waals surface area contributed by atoms with Gasteiger partial charge in [0, 0.05) is 16.6 Å². The predicted molar refractivity (Wildman–Crippen MR) is 80.1 cm³/mol. The molecule has 0 fully saturated rings. The second-order valence-corrected chi connectivity index (χ2v) is 5.72. The summed E-state index contributed by atoms with van der Waals surface area (Å²) in [5.74, 6) is 0.610. The highest BCUT2D eigenvalue weighted by Gasteiger charge is 2.39. The number of rotatable bonds is 3. The zero-order valence-electron chi connectivity index (χ0n) is 13.1. The molecule has 0 saturated carbocycles. The number of benzene rings is 1. The van der Waals surface area contributed by atoms with Crippen LogP contribution in [0, 0.1) is 13.8 Å². The number of carbonyl (C=O) groups is 1. The summed E-state index contributed by atoms with van der Waals surface area (Å²) in [6.07, 6.45) is 1.92. The lowest BCUT2D eigenvalue weighted by Gasteiger charge is -2.24. The number of hydrogen-bond acceptors (Lipinski definition) is 3. The minimum absolute atomic E-state index is 0.244. The maximum Gasteiger partial charge on any atom is 0.334 e. The molecule has 1 aromatic rings. The van der Waals surface area contributed by atoms with Gasteiger partial charge in [-0.05, 0) is 43.5 Å². The van der Waals surface area contributed by atoms with Crippen LogP contribution in [-0.2, 0) is 14.9 Å². The van der Waals surface area contributed by atoms with Crippen LogP contribution in [0.5, 0.6) is 5.75 Å². The summed E-state index contributed by atoms with van der Waals surface area (Å²) in [5, 5.41) is 0. The van der Waals surface area contributed by atoms with Crippen LogP contribution in [0.1, 0.15) is 43.0 Å². The smallest absolute Gasteiger partial charge is 0.334 e. The molecule has 0 saturated heterocycles. The fraction of sp³-hybridized carbons (Fsp3) is 0.471. The Morgan fingerprint density at radius 1 is 1.30 bits per heavy atom. The Kier molecular flexibility index (Phi) is 3.63. The minimum atomic E-state index is -0.354. The molecule has 0 aliphatic heterocycles. The van der Waals surface area contributed by atoms with Gasteiger partial charge in [0.15, 0.2) is 0 Å². The molecule has 20 heavy (non-hydrogen) atoms. The van der Waals surface area contributed by atoms with Gasteiger partial charge in [0.1, 0.15) is 5.75 Å². The van der Waals surface area contributed by atoms with E-state index in [1.54, 1.807) is 7.11 Å². The second kappa shape index (κ2) is 4.97. The third kappa shape index (κ3) is 2.01. The third-order valence-corrected chi connectivity index (χ3v) is 4.16. The zero-order valence-corrected chi connectivity index (χ0v) is 13.1. The van der Waals surface area contributed by atoms with Crippen molar-refractivity contribution in [2.24, 2.45) is 0 Å². The van der Waals surface area contributed by atoms with Crippen molar-refractivity contribution < 1.29 is 14.3 Å². The molecular weight excluding hydrogens is 252 g/mol. The topological polar surface area (TPSA) is 35.5 Å². The molecular formula is C17H22O3. The largest absolute Gasteiger partial charge is 0.496 e. The van der Waals surface area contributed by atoms with E-state index in [9.17, 15) is 4.79 Å². The van der Waals surface area contributed by atoms with Gasteiger partial charge in [0.25, 0.3) is 0 Å². The summed E-state index contributed by atoms with van der Waals surface area (Å²) in [5.41, 5.74) is 4.75. The summed E-state index contributed by atoms with van der Waals surface area (Å²) in [4.78, 5) is 12.2. The zero-order chi connectivity index (χ0) is 15.1. The molecule has 108 valence electrons. The SMILES string of the molecule is CCOC(=O)C1=Cc2c(cc(C)c(C)c2OC)C1(C)C. The highest BCUT2D eigenvalue weighted by Crippen LogP contribution is 2.47. The van der Waals surface area contributed by atoms with E-state index >= 15 is 0 Å². The van der Waals surface area contributed by atoms with Crippen molar-refractivity contribution in [1.29, 1.82) is 0 Å². The van der Waals surface area contributed by atoms with Gasteiger partial charge in [-0.15, -0.1) is 0 Å². The summed E-state index contributed by atoms with van der Waals surface area (Å²) < 4.78 is 10.7. The van der Waals surface area contributed by atoms with E-state index in [1.165, 1.54) is 5.56 Å². The van der Waals surface area contributed by atoms with E-state index < -0.39 is 0 Å². The van der Waals surface area contributed by atoms with E-state index in [4.69, 9.17) is 9.47 Å². The Labute approximate surface area is 120 Å². The first kappa shape index (κ1) is 14.6. The molecule has 0 aromatic heterocycles. The molecule has 1 aromatic carbocycles. The van der Waals surface area contributed by atoms with Gasteiger partial charge >= 0.3 is 5.97 Å². The van der Waals surface area contributed by atoms with Gasteiger partial charge in [0.2, 0.25) is 0 Å². The van der Waals surface area contributed by atoms with Crippen molar-refractivity contribution in [2.45, 2.75) is 40.0 Å². The van der Waals surface area contributed by atoms with E-state index in [2.05, 4.69) is 26.8 Å². The van der Waals surface area contributed by atoms with Crippen LogP contribution >= 0.6 is 0 Å². The molecule has 0 spiro atoms. The van der Waals surface area contributed by atoms with Crippen molar-refractivity contribution in [1.82, 2.24) is 0 Å². The molecule has 0 amide bonds. The van der Waals surface area contributed by atoms with E-state index in [-0.39, 0.29) is 11.4 Å². The van der Waals surface area contributed by atoms with Crippen LogP contribution in [-0.4, -0.2) is 19.7 Å². The van der Waals surface area contributed by atoms with Gasteiger partial charge in [-0.3, -0.25) is 0 Å². The highest BCUT2D eigenvalue weighted by atomic mass is 16.5. The molecule has 0 radical (unpaired) electrons. The number of fused-ring (bicyclic) bond motifs is 1. The van der Waals surface area contributed by atoms with Gasteiger partial charge in [-0.25, -0.2) is 4.79 Å². The van der Waals surface area contributed by atoms with Crippen LogP contribution in [0.3, 0.4) is 0 Å². The molecule has 0 N–H and O–H groups in total. The predicted octanol–water partition coefficient (Wildman–Crippen LogP) is 3.55. The Hall–Kier alpha value is -1.77. The summed E-state index contributed by atoms with van der Waals surface area (Å²) in [7, 11) is 1.67. The molecule has 0 unspecified atom stereocenters. The standard InChI is InChI=1S/C17H22O3/c1-7-20-16(18)14-9-12-13(17(14,4)5)8-10(2)11(3)15(12)19-6/h8-9H,7H2,1-6H3. The first-order valence-corrected chi connectivity index (χ1v) is 6.92.